The van der Waals surface area contributed by atoms with Gasteiger partial charge in [-0.3, -0.25) is 5.84 Å². The minimum Gasteiger partial charge on any atom is -0.400 e. The highest BCUT2D eigenvalue weighted by Crippen LogP contribution is 2.33. The molecule has 14 heavy (non-hydrogen) atoms. The van der Waals surface area contributed by atoms with Crippen LogP contribution >= 0.6 is 0 Å². The zero-order chi connectivity index (χ0) is 11.2. The number of rotatable bonds is 1. The molecule has 0 aliphatic rings. The first kappa shape index (κ1) is 12.7. The Labute approximate surface area is 79.3 Å². The fourth-order valence-electron chi connectivity index (χ4n) is 0.856. The fraction of sp³-hybridized carbons (Fsp3) is 0.250. The van der Waals surface area contributed by atoms with Gasteiger partial charge in [0.25, 0.3) is 0 Å². The van der Waals surface area contributed by atoms with Crippen molar-refractivity contribution in [3.8, 4) is 0 Å². The van der Waals surface area contributed by atoms with Gasteiger partial charge in [-0.2, -0.15) is 13.2 Å². The minimum atomic E-state index is -4.36. The Morgan fingerprint density at radius 3 is 2.07 bits per heavy atom. The molecule has 0 saturated heterocycles. The fourth-order valence-corrected chi connectivity index (χ4v) is 0.856. The van der Waals surface area contributed by atoms with Crippen LogP contribution in [0.5, 0.6) is 0 Å². The first-order valence-corrected chi connectivity index (χ1v) is 3.63. The molecule has 0 saturated carbocycles. The molecule has 0 unspecified atom stereocenters. The molecule has 0 atom stereocenters. The average molecular weight is 208 g/mol. The number of para-hydroxylation sites is 1. The summed E-state index contributed by atoms with van der Waals surface area (Å²) in [7, 11) is 1.00. The monoisotopic (exact) mass is 208 g/mol. The summed E-state index contributed by atoms with van der Waals surface area (Å²) in [5.41, 5.74) is 1.10. The molecule has 0 aliphatic heterocycles. The topological polar surface area (TPSA) is 58.3 Å². The van der Waals surface area contributed by atoms with Crippen LogP contribution in [0.25, 0.3) is 0 Å². The van der Waals surface area contributed by atoms with E-state index >= 15 is 0 Å². The molecular weight excluding hydrogens is 197 g/mol. The Bertz CT molecular complexity index is 276. The second-order valence-corrected chi connectivity index (χ2v) is 2.19. The molecule has 4 N–H and O–H groups in total. The van der Waals surface area contributed by atoms with Crippen LogP contribution in [0.15, 0.2) is 24.3 Å². The van der Waals surface area contributed by atoms with Gasteiger partial charge in [0.15, 0.2) is 0 Å². The van der Waals surface area contributed by atoms with Gasteiger partial charge in [0.1, 0.15) is 0 Å². The van der Waals surface area contributed by atoms with Crippen molar-refractivity contribution in [3.63, 3.8) is 0 Å². The highest BCUT2D eigenvalue weighted by molar-refractivity contribution is 5.51. The molecule has 0 amide bonds. The highest BCUT2D eigenvalue weighted by Gasteiger charge is 2.32. The number of hydrogen-bond acceptors (Lipinski definition) is 3. The van der Waals surface area contributed by atoms with Crippen LogP contribution in [0, 0.1) is 0 Å². The Hall–Kier alpha value is -1.27. The maximum Gasteiger partial charge on any atom is 0.418 e. The van der Waals surface area contributed by atoms with E-state index in [9.17, 15) is 13.2 Å². The number of aliphatic hydroxyl groups excluding tert-OH is 1. The molecule has 6 heteroatoms. The van der Waals surface area contributed by atoms with Crippen molar-refractivity contribution in [2.45, 2.75) is 6.18 Å². The van der Waals surface area contributed by atoms with Crippen molar-refractivity contribution >= 4 is 5.69 Å². The third-order valence-electron chi connectivity index (χ3n) is 1.39. The molecule has 1 aromatic rings. The smallest absolute Gasteiger partial charge is 0.400 e. The van der Waals surface area contributed by atoms with E-state index in [2.05, 4.69) is 0 Å². The van der Waals surface area contributed by atoms with Crippen LogP contribution in [0.2, 0.25) is 0 Å². The zero-order valence-corrected chi connectivity index (χ0v) is 7.47. The molecule has 0 radical (unpaired) electrons. The molecule has 80 valence electrons. The second-order valence-electron chi connectivity index (χ2n) is 2.19. The Morgan fingerprint density at radius 2 is 1.71 bits per heavy atom. The number of nitrogen functional groups attached to an aromatic ring is 1. The van der Waals surface area contributed by atoms with E-state index in [1.54, 1.807) is 0 Å². The van der Waals surface area contributed by atoms with E-state index in [4.69, 9.17) is 10.9 Å². The number of anilines is 1. The van der Waals surface area contributed by atoms with E-state index in [-0.39, 0.29) is 5.69 Å². The van der Waals surface area contributed by atoms with Crippen molar-refractivity contribution < 1.29 is 18.3 Å². The van der Waals surface area contributed by atoms with E-state index in [0.717, 1.165) is 13.2 Å². The van der Waals surface area contributed by atoms with Crippen LogP contribution < -0.4 is 11.3 Å². The summed E-state index contributed by atoms with van der Waals surface area (Å²) in [6.07, 6.45) is -4.36. The number of benzene rings is 1. The maximum atomic E-state index is 12.1. The molecule has 0 bridgehead atoms. The number of hydrazine groups is 1. The summed E-state index contributed by atoms with van der Waals surface area (Å²) < 4.78 is 36.4. The summed E-state index contributed by atoms with van der Waals surface area (Å²) in [5.74, 6) is 4.90. The lowest BCUT2D eigenvalue weighted by molar-refractivity contribution is -0.136. The molecule has 0 spiro atoms. The van der Waals surface area contributed by atoms with Crippen molar-refractivity contribution in [1.29, 1.82) is 0 Å². The lowest BCUT2D eigenvalue weighted by Crippen LogP contribution is -2.14. The van der Waals surface area contributed by atoms with Gasteiger partial charge in [-0.15, -0.1) is 0 Å². The van der Waals surface area contributed by atoms with Crippen LogP contribution in [-0.4, -0.2) is 12.2 Å². The lowest BCUT2D eigenvalue weighted by Gasteiger charge is -2.10. The van der Waals surface area contributed by atoms with Gasteiger partial charge < -0.3 is 10.5 Å². The Balaban J connectivity index is 0.000000791. The summed E-state index contributed by atoms with van der Waals surface area (Å²) >= 11 is 0. The molecule has 1 rings (SSSR count). The van der Waals surface area contributed by atoms with Crippen LogP contribution in [0.1, 0.15) is 5.56 Å². The van der Waals surface area contributed by atoms with Crippen molar-refractivity contribution in [2.75, 3.05) is 12.5 Å². The summed E-state index contributed by atoms with van der Waals surface area (Å²) in [6, 6.07) is 5.02. The van der Waals surface area contributed by atoms with Crippen molar-refractivity contribution in [1.82, 2.24) is 0 Å². The van der Waals surface area contributed by atoms with Gasteiger partial charge in [0.2, 0.25) is 0 Å². The van der Waals surface area contributed by atoms with E-state index in [0.29, 0.717) is 0 Å². The molecule has 0 heterocycles. The predicted octanol–water partition coefficient (Wildman–Crippen LogP) is 1.60. The summed E-state index contributed by atoms with van der Waals surface area (Å²) in [6.45, 7) is 0. The maximum absolute atomic E-state index is 12.1. The third kappa shape index (κ3) is 3.23. The number of halogens is 3. The summed E-state index contributed by atoms with van der Waals surface area (Å²) in [4.78, 5) is 0. The Kier molecular flexibility index (Phi) is 4.96. The van der Waals surface area contributed by atoms with Gasteiger partial charge in [0.05, 0.1) is 11.3 Å². The average Bonchev–Trinajstić information content (AvgIpc) is 2.19. The Morgan fingerprint density at radius 1 is 1.21 bits per heavy atom. The molecule has 1 aromatic carbocycles. The van der Waals surface area contributed by atoms with Gasteiger partial charge in [0, 0.05) is 7.11 Å². The zero-order valence-electron chi connectivity index (χ0n) is 7.47. The number of aliphatic hydroxyl groups is 1. The van der Waals surface area contributed by atoms with E-state index in [1.165, 1.54) is 18.2 Å². The van der Waals surface area contributed by atoms with Crippen LogP contribution in [0.4, 0.5) is 18.9 Å². The van der Waals surface area contributed by atoms with Gasteiger partial charge >= 0.3 is 6.18 Å². The minimum absolute atomic E-state index is 0.120. The SMILES string of the molecule is CO.NNc1ccccc1C(F)(F)F. The van der Waals surface area contributed by atoms with Crippen LogP contribution in [0.3, 0.4) is 0 Å². The molecule has 0 fully saturated rings. The van der Waals surface area contributed by atoms with Crippen LogP contribution in [-0.2, 0) is 6.18 Å². The normalized spacial score (nSPS) is 10.1. The lowest BCUT2D eigenvalue weighted by atomic mass is 10.2. The first-order chi connectivity index (χ1) is 6.55. The van der Waals surface area contributed by atoms with Crippen molar-refractivity contribution in [2.24, 2.45) is 5.84 Å². The standard InChI is InChI=1S/C7H7F3N2.CH4O/c8-7(9,10)5-3-1-2-4-6(5)12-11;1-2/h1-4,12H,11H2;2H,1H3. The molecule has 3 nitrogen and oxygen atoms in total. The highest BCUT2D eigenvalue weighted by atomic mass is 19.4. The molecule has 0 aliphatic carbocycles. The van der Waals surface area contributed by atoms with Gasteiger partial charge in [-0.1, -0.05) is 12.1 Å². The van der Waals surface area contributed by atoms with E-state index in [1.807, 2.05) is 5.43 Å². The number of nitrogens with two attached hydrogens (primary N) is 1. The first-order valence-electron chi connectivity index (χ1n) is 3.63. The summed E-state index contributed by atoms with van der Waals surface area (Å²) in [5, 5.41) is 7.00. The third-order valence-corrected chi connectivity index (χ3v) is 1.39. The quantitative estimate of drug-likeness (QED) is 0.485. The van der Waals surface area contributed by atoms with Gasteiger partial charge in [-0.05, 0) is 12.1 Å². The molecule has 0 aromatic heterocycles. The predicted molar refractivity (Wildman–Crippen MR) is 47.4 cm³/mol. The number of hydrogen-bond donors (Lipinski definition) is 3. The van der Waals surface area contributed by atoms with Crippen molar-refractivity contribution in [3.05, 3.63) is 29.8 Å². The molecular formula is C8H11F3N2O. The van der Waals surface area contributed by atoms with Gasteiger partial charge in [-0.25, -0.2) is 0 Å². The number of alkyl halides is 3. The largest absolute Gasteiger partial charge is 0.418 e. The second kappa shape index (κ2) is 5.46. The number of nitrogens with one attached hydrogen (secondary N) is 1. The van der Waals surface area contributed by atoms with E-state index < -0.39 is 11.7 Å².